The summed E-state index contributed by atoms with van der Waals surface area (Å²) in [5.41, 5.74) is 0. The van der Waals surface area contributed by atoms with E-state index in [0.29, 0.717) is 12.5 Å². The van der Waals surface area contributed by atoms with Gasteiger partial charge in [-0.1, -0.05) is 19.8 Å². The van der Waals surface area contributed by atoms with E-state index in [0.717, 1.165) is 19.3 Å². The molecule has 86 valence electrons. The fraction of sp³-hybridized carbons (Fsp3) is 0.818. The van der Waals surface area contributed by atoms with Crippen molar-refractivity contribution >= 4 is 11.8 Å². The molecule has 2 N–H and O–H groups in total. The first-order chi connectivity index (χ1) is 7.15. The highest BCUT2D eigenvalue weighted by molar-refractivity contribution is 6.35. The first-order valence-electron chi connectivity index (χ1n) is 5.73. The van der Waals surface area contributed by atoms with Gasteiger partial charge < -0.3 is 10.6 Å². The molecule has 4 nitrogen and oxygen atoms in total. The quantitative estimate of drug-likeness (QED) is 0.666. The van der Waals surface area contributed by atoms with Crippen molar-refractivity contribution in [3.63, 3.8) is 0 Å². The Morgan fingerprint density at radius 3 is 2.47 bits per heavy atom. The summed E-state index contributed by atoms with van der Waals surface area (Å²) in [6.45, 7) is 4.42. The normalized spacial score (nSPS) is 25.7. The van der Waals surface area contributed by atoms with Crippen molar-refractivity contribution < 1.29 is 9.59 Å². The lowest BCUT2D eigenvalue weighted by Gasteiger charge is -2.29. The summed E-state index contributed by atoms with van der Waals surface area (Å²) in [4.78, 5) is 22.6. The van der Waals surface area contributed by atoms with Gasteiger partial charge in [0.15, 0.2) is 0 Å². The Morgan fingerprint density at radius 2 is 1.87 bits per heavy atom. The van der Waals surface area contributed by atoms with Gasteiger partial charge in [-0.15, -0.1) is 0 Å². The predicted octanol–water partition coefficient (Wildman–Crippen LogP) is 0.817. The Hall–Kier alpha value is -1.06. The summed E-state index contributed by atoms with van der Waals surface area (Å²) in [5, 5.41) is 5.30. The second kappa shape index (κ2) is 5.73. The van der Waals surface area contributed by atoms with Crippen LogP contribution in [0.4, 0.5) is 0 Å². The van der Waals surface area contributed by atoms with E-state index in [1.165, 1.54) is 6.42 Å². The number of carbonyl (C=O) groups is 2. The molecule has 2 atom stereocenters. The first kappa shape index (κ1) is 12.0. The van der Waals surface area contributed by atoms with Gasteiger partial charge >= 0.3 is 11.8 Å². The zero-order valence-corrected chi connectivity index (χ0v) is 9.51. The van der Waals surface area contributed by atoms with Crippen molar-refractivity contribution in [3.8, 4) is 0 Å². The Bertz CT molecular complexity index is 241. The largest absolute Gasteiger partial charge is 0.348 e. The Kier molecular flexibility index (Phi) is 4.59. The molecule has 0 heterocycles. The van der Waals surface area contributed by atoms with Gasteiger partial charge in [-0.05, 0) is 25.7 Å². The third-order valence-electron chi connectivity index (χ3n) is 2.97. The topological polar surface area (TPSA) is 58.2 Å². The summed E-state index contributed by atoms with van der Waals surface area (Å²) in [7, 11) is 0. The standard InChI is InChI=1S/C11H20N2O2/c1-3-12-10(14)11(15)13-9-7-5-4-6-8(9)2/h8-9H,3-7H2,1-2H3,(H,12,14)(H,13,15)/t8-,9-/m1/s1. The van der Waals surface area contributed by atoms with Crippen LogP contribution in [0, 0.1) is 5.92 Å². The number of amides is 2. The molecule has 0 spiro atoms. The molecule has 2 amide bonds. The maximum Gasteiger partial charge on any atom is 0.309 e. The molecule has 4 heteroatoms. The molecule has 1 saturated carbocycles. The van der Waals surface area contributed by atoms with Gasteiger partial charge in [0.1, 0.15) is 0 Å². The third kappa shape index (κ3) is 3.53. The molecule has 0 aromatic carbocycles. The van der Waals surface area contributed by atoms with Crippen molar-refractivity contribution in [1.29, 1.82) is 0 Å². The molecule has 0 aliphatic heterocycles. The van der Waals surface area contributed by atoms with Crippen molar-refractivity contribution in [3.05, 3.63) is 0 Å². The molecular weight excluding hydrogens is 192 g/mol. The maximum atomic E-state index is 11.4. The molecule has 15 heavy (non-hydrogen) atoms. The number of rotatable bonds is 2. The van der Waals surface area contributed by atoms with E-state index in [-0.39, 0.29) is 6.04 Å². The summed E-state index contributed by atoms with van der Waals surface area (Å²) in [5.74, 6) is -0.525. The van der Waals surface area contributed by atoms with Crippen LogP contribution >= 0.6 is 0 Å². The van der Waals surface area contributed by atoms with Gasteiger partial charge in [0.2, 0.25) is 0 Å². The number of hydrogen-bond donors (Lipinski definition) is 2. The van der Waals surface area contributed by atoms with Crippen LogP contribution < -0.4 is 10.6 Å². The van der Waals surface area contributed by atoms with Crippen LogP contribution in [0.2, 0.25) is 0 Å². The summed E-state index contributed by atoms with van der Waals surface area (Å²) in [6.07, 6.45) is 4.51. The lowest BCUT2D eigenvalue weighted by Crippen LogP contribution is -2.47. The highest BCUT2D eigenvalue weighted by Crippen LogP contribution is 2.23. The van der Waals surface area contributed by atoms with Crippen LogP contribution in [0.3, 0.4) is 0 Å². The summed E-state index contributed by atoms with van der Waals surface area (Å²) >= 11 is 0. The highest BCUT2D eigenvalue weighted by atomic mass is 16.2. The lowest BCUT2D eigenvalue weighted by atomic mass is 9.86. The molecule has 0 radical (unpaired) electrons. The molecule has 1 aliphatic carbocycles. The maximum absolute atomic E-state index is 11.4. The average Bonchev–Trinajstić information content (AvgIpc) is 2.21. The number of carbonyl (C=O) groups excluding carboxylic acids is 2. The number of hydrogen-bond acceptors (Lipinski definition) is 2. The van der Waals surface area contributed by atoms with Crippen LogP contribution in [-0.4, -0.2) is 24.4 Å². The Morgan fingerprint density at radius 1 is 1.20 bits per heavy atom. The van der Waals surface area contributed by atoms with Crippen molar-refractivity contribution in [2.24, 2.45) is 5.92 Å². The second-order valence-corrected chi connectivity index (χ2v) is 4.20. The molecule has 0 saturated heterocycles. The molecule has 0 aromatic rings. The van der Waals surface area contributed by atoms with Crippen LogP contribution in [0.25, 0.3) is 0 Å². The Labute approximate surface area is 90.8 Å². The zero-order valence-electron chi connectivity index (χ0n) is 9.51. The molecule has 0 aromatic heterocycles. The number of nitrogens with one attached hydrogen (secondary N) is 2. The lowest BCUT2D eigenvalue weighted by molar-refractivity contribution is -0.139. The first-order valence-corrected chi connectivity index (χ1v) is 5.73. The van der Waals surface area contributed by atoms with E-state index in [1.54, 1.807) is 6.92 Å². The van der Waals surface area contributed by atoms with Gasteiger partial charge in [-0.3, -0.25) is 9.59 Å². The average molecular weight is 212 g/mol. The van der Waals surface area contributed by atoms with Gasteiger partial charge in [-0.25, -0.2) is 0 Å². The summed E-state index contributed by atoms with van der Waals surface area (Å²) in [6, 6.07) is 0.175. The number of likely N-dealkylation sites (N-methyl/N-ethyl adjacent to an activating group) is 1. The Balaban J connectivity index is 2.39. The summed E-state index contributed by atoms with van der Waals surface area (Å²) < 4.78 is 0. The molecule has 1 rings (SSSR count). The van der Waals surface area contributed by atoms with E-state index in [1.807, 2.05) is 0 Å². The fourth-order valence-corrected chi connectivity index (χ4v) is 2.01. The van der Waals surface area contributed by atoms with E-state index in [2.05, 4.69) is 17.6 Å². The van der Waals surface area contributed by atoms with Crippen molar-refractivity contribution in [1.82, 2.24) is 10.6 Å². The minimum atomic E-state index is -0.518. The van der Waals surface area contributed by atoms with Crippen molar-refractivity contribution in [2.75, 3.05) is 6.54 Å². The highest BCUT2D eigenvalue weighted by Gasteiger charge is 2.24. The van der Waals surface area contributed by atoms with E-state index in [9.17, 15) is 9.59 Å². The third-order valence-corrected chi connectivity index (χ3v) is 2.97. The molecule has 0 unspecified atom stereocenters. The van der Waals surface area contributed by atoms with Crippen LogP contribution in [-0.2, 0) is 9.59 Å². The van der Waals surface area contributed by atoms with Gasteiger partial charge in [0.05, 0.1) is 0 Å². The van der Waals surface area contributed by atoms with E-state index in [4.69, 9.17) is 0 Å². The smallest absolute Gasteiger partial charge is 0.309 e. The minimum absolute atomic E-state index is 0.175. The zero-order chi connectivity index (χ0) is 11.3. The predicted molar refractivity (Wildman–Crippen MR) is 58.2 cm³/mol. The SMILES string of the molecule is CCNC(=O)C(=O)N[C@@H]1CCCC[C@H]1C. The fourth-order valence-electron chi connectivity index (χ4n) is 2.01. The van der Waals surface area contributed by atoms with E-state index < -0.39 is 11.8 Å². The van der Waals surface area contributed by atoms with Crippen LogP contribution in [0.15, 0.2) is 0 Å². The van der Waals surface area contributed by atoms with Gasteiger partial charge in [0.25, 0.3) is 0 Å². The molecule has 1 aliphatic rings. The minimum Gasteiger partial charge on any atom is -0.348 e. The monoisotopic (exact) mass is 212 g/mol. The van der Waals surface area contributed by atoms with Crippen LogP contribution in [0.5, 0.6) is 0 Å². The van der Waals surface area contributed by atoms with Gasteiger partial charge in [-0.2, -0.15) is 0 Å². The second-order valence-electron chi connectivity index (χ2n) is 4.20. The molecule has 0 bridgehead atoms. The van der Waals surface area contributed by atoms with Gasteiger partial charge in [0, 0.05) is 12.6 Å². The van der Waals surface area contributed by atoms with Crippen LogP contribution in [0.1, 0.15) is 39.5 Å². The molecular formula is C11H20N2O2. The van der Waals surface area contributed by atoms with Crippen molar-refractivity contribution in [2.45, 2.75) is 45.6 Å². The molecule has 1 fully saturated rings. The van der Waals surface area contributed by atoms with E-state index >= 15 is 0 Å².